The van der Waals surface area contributed by atoms with E-state index in [1.807, 2.05) is 0 Å². The second kappa shape index (κ2) is 7.04. The molecule has 1 unspecified atom stereocenters. The number of nitrogens with zero attached hydrogens (tertiary/aromatic N) is 3. The summed E-state index contributed by atoms with van der Waals surface area (Å²) in [5, 5.41) is 3.86. The van der Waals surface area contributed by atoms with Gasteiger partial charge in [0.05, 0.1) is 11.1 Å². The molecule has 2 fully saturated rings. The first-order valence-corrected chi connectivity index (χ1v) is 9.66. The average Bonchev–Trinajstić information content (AvgIpc) is 3.25. The molecule has 1 aromatic heterocycles. The Labute approximate surface area is 163 Å². The first-order chi connectivity index (χ1) is 13.4. The van der Waals surface area contributed by atoms with Crippen LogP contribution in [-0.4, -0.2) is 46.4 Å². The highest BCUT2D eigenvalue weighted by atomic mass is 19.1. The molecule has 2 aliphatic heterocycles. The average molecular weight is 385 g/mol. The lowest BCUT2D eigenvalue weighted by atomic mass is 9.78. The number of halogens is 1. The number of piperidine rings is 1. The Hall–Kier alpha value is -2.70. The minimum atomic E-state index is -0.571. The Morgan fingerprint density at radius 3 is 2.75 bits per heavy atom. The van der Waals surface area contributed by atoms with Crippen molar-refractivity contribution < 1.29 is 18.5 Å². The lowest BCUT2D eigenvalue weighted by molar-refractivity contribution is -0.146. The highest BCUT2D eigenvalue weighted by Crippen LogP contribution is 2.41. The number of aryl methyl sites for hydroxylation is 2. The topological polar surface area (TPSA) is 66.7 Å². The van der Waals surface area contributed by atoms with Crippen LogP contribution in [0.15, 0.2) is 28.8 Å². The quantitative estimate of drug-likeness (QED) is 0.814. The van der Waals surface area contributed by atoms with Gasteiger partial charge >= 0.3 is 0 Å². The zero-order valence-electron chi connectivity index (χ0n) is 16.2. The molecule has 2 aliphatic rings. The molecule has 2 amide bonds. The molecule has 1 aromatic carbocycles. The molecule has 6 nitrogen and oxygen atoms in total. The SMILES string of the molecule is Cc1noc(C)c1C(=O)N1CCC2(CCCN(Cc3ccccc3F)C2=O)C1. The fourth-order valence-corrected chi connectivity index (χ4v) is 4.51. The van der Waals surface area contributed by atoms with Crippen molar-refractivity contribution in [2.45, 2.75) is 39.7 Å². The van der Waals surface area contributed by atoms with Gasteiger partial charge in [0.15, 0.2) is 0 Å². The van der Waals surface area contributed by atoms with Crippen LogP contribution in [0.25, 0.3) is 0 Å². The van der Waals surface area contributed by atoms with Crippen LogP contribution in [0.3, 0.4) is 0 Å². The van der Waals surface area contributed by atoms with Gasteiger partial charge in [-0.15, -0.1) is 0 Å². The van der Waals surface area contributed by atoms with Crippen molar-refractivity contribution in [1.29, 1.82) is 0 Å². The van der Waals surface area contributed by atoms with E-state index in [0.717, 1.165) is 12.8 Å². The molecule has 28 heavy (non-hydrogen) atoms. The van der Waals surface area contributed by atoms with Gasteiger partial charge in [0.2, 0.25) is 5.91 Å². The minimum Gasteiger partial charge on any atom is -0.361 e. The van der Waals surface area contributed by atoms with Gasteiger partial charge in [0, 0.05) is 31.7 Å². The van der Waals surface area contributed by atoms with E-state index >= 15 is 0 Å². The van der Waals surface area contributed by atoms with Crippen molar-refractivity contribution in [3.05, 3.63) is 52.7 Å². The Kier molecular flexibility index (Phi) is 4.69. The van der Waals surface area contributed by atoms with Gasteiger partial charge in [-0.3, -0.25) is 9.59 Å². The molecule has 0 radical (unpaired) electrons. The number of benzene rings is 1. The van der Waals surface area contributed by atoms with E-state index in [4.69, 9.17) is 4.52 Å². The van der Waals surface area contributed by atoms with Gasteiger partial charge in [-0.05, 0) is 39.2 Å². The molecular formula is C21H24FN3O3. The number of aromatic nitrogens is 1. The van der Waals surface area contributed by atoms with Crippen LogP contribution in [0.2, 0.25) is 0 Å². The zero-order chi connectivity index (χ0) is 19.9. The first kappa shape index (κ1) is 18.7. The van der Waals surface area contributed by atoms with Crippen LogP contribution in [0, 0.1) is 25.1 Å². The number of carbonyl (C=O) groups excluding carboxylic acids is 2. The predicted octanol–water partition coefficient (Wildman–Crippen LogP) is 3.09. The normalized spacial score (nSPS) is 22.3. The second-order valence-corrected chi connectivity index (χ2v) is 7.88. The van der Waals surface area contributed by atoms with Crippen LogP contribution in [0.4, 0.5) is 4.39 Å². The number of carbonyl (C=O) groups is 2. The standard InChI is InChI=1S/C21H24FN3O3/c1-14-18(15(2)28-23-14)19(26)25-11-9-21(13-25)8-5-10-24(20(21)27)12-16-6-3-4-7-17(16)22/h3-4,6-7H,5,8-13H2,1-2H3. The van der Waals surface area contributed by atoms with Crippen molar-refractivity contribution in [3.63, 3.8) is 0 Å². The monoisotopic (exact) mass is 385 g/mol. The summed E-state index contributed by atoms with van der Waals surface area (Å²) < 4.78 is 19.2. The molecule has 0 aliphatic carbocycles. The summed E-state index contributed by atoms with van der Waals surface area (Å²) in [6, 6.07) is 6.56. The Bertz CT molecular complexity index is 906. The van der Waals surface area contributed by atoms with Gasteiger partial charge in [0.1, 0.15) is 17.1 Å². The lowest BCUT2D eigenvalue weighted by Crippen LogP contribution is -2.50. The van der Waals surface area contributed by atoms with Crippen molar-refractivity contribution >= 4 is 11.8 Å². The molecule has 4 rings (SSSR count). The number of rotatable bonds is 3. The fraction of sp³-hybridized carbons (Fsp3) is 0.476. The van der Waals surface area contributed by atoms with E-state index in [1.165, 1.54) is 6.07 Å². The maximum atomic E-state index is 14.0. The Balaban J connectivity index is 1.51. The van der Waals surface area contributed by atoms with E-state index in [1.54, 1.807) is 41.8 Å². The largest absolute Gasteiger partial charge is 0.361 e. The van der Waals surface area contributed by atoms with E-state index in [2.05, 4.69) is 5.16 Å². The van der Waals surface area contributed by atoms with E-state index in [-0.39, 0.29) is 24.2 Å². The lowest BCUT2D eigenvalue weighted by Gasteiger charge is -2.39. The Morgan fingerprint density at radius 1 is 1.25 bits per heavy atom. The maximum Gasteiger partial charge on any atom is 0.259 e. The first-order valence-electron chi connectivity index (χ1n) is 9.66. The highest BCUT2D eigenvalue weighted by molar-refractivity contribution is 5.97. The van der Waals surface area contributed by atoms with Gasteiger partial charge in [0.25, 0.3) is 5.91 Å². The van der Waals surface area contributed by atoms with Crippen molar-refractivity contribution in [3.8, 4) is 0 Å². The summed E-state index contributed by atoms with van der Waals surface area (Å²) in [6.45, 7) is 5.28. The number of hydrogen-bond donors (Lipinski definition) is 0. The highest BCUT2D eigenvalue weighted by Gasteiger charge is 2.49. The van der Waals surface area contributed by atoms with Gasteiger partial charge in [-0.1, -0.05) is 23.4 Å². The third-order valence-electron chi connectivity index (χ3n) is 6.03. The molecule has 1 spiro atoms. The van der Waals surface area contributed by atoms with E-state index in [0.29, 0.717) is 48.6 Å². The smallest absolute Gasteiger partial charge is 0.259 e. The Morgan fingerprint density at radius 2 is 2.04 bits per heavy atom. The maximum absolute atomic E-state index is 14.0. The molecule has 0 bridgehead atoms. The van der Waals surface area contributed by atoms with E-state index in [9.17, 15) is 14.0 Å². The molecule has 7 heteroatoms. The summed E-state index contributed by atoms with van der Waals surface area (Å²) in [6.07, 6.45) is 2.24. The van der Waals surface area contributed by atoms with Gasteiger partial charge in [-0.2, -0.15) is 0 Å². The fourth-order valence-electron chi connectivity index (χ4n) is 4.51. The summed E-state index contributed by atoms with van der Waals surface area (Å²) >= 11 is 0. The summed E-state index contributed by atoms with van der Waals surface area (Å²) in [5.74, 6) is 0.0966. The third-order valence-corrected chi connectivity index (χ3v) is 6.03. The number of amides is 2. The molecule has 0 N–H and O–H groups in total. The zero-order valence-corrected chi connectivity index (χ0v) is 16.2. The van der Waals surface area contributed by atoms with Gasteiger partial charge in [-0.25, -0.2) is 4.39 Å². The molecule has 2 saturated heterocycles. The van der Waals surface area contributed by atoms with Crippen molar-refractivity contribution in [2.75, 3.05) is 19.6 Å². The molecule has 2 aromatic rings. The molecule has 0 saturated carbocycles. The molecule has 148 valence electrons. The van der Waals surface area contributed by atoms with Crippen LogP contribution >= 0.6 is 0 Å². The molecule has 1 atom stereocenters. The van der Waals surface area contributed by atoms with Crippen LogP contribution < -0.4 is 0 Å². The van der Waals surface area contributed by atoms with Gasteiger partial charge < -0.3 is 14.3 Å². The number of likely N-dealkylation sites (tertiary alicyclic amines) is 2. The van der Waals surface area contributed by atoms with Crippen molar-refractivity contribution in [1.82, 2.24) is 15.0 Å². The predicted molar refractivity (Wildman–Crippen MR) is 100.0 cm³/mol. The summed E-state index contributed by atoms with van der Waals surface area (Å²) in [7, 11) is 0. The second-order valence-electron chi connectivity index (χ2n) is 7.88. The molecular weight excluding hydrogens is 361 g/mol. The van der Waals surface area contributed by atoms with Crippen LogP contribution in [0.5, 0.6) is 0 Å². The summed E-state index contributed by atoms with van der Waals surface area (Å²) in [5.41, 5.74) is 1.01. The summed E-state index contributed by atoms with van der Waals surface area (Å²) in [4.78, 5) is 29.7. The number of hydrogen-bond acceptors (Lipinski definition) is 4. The van der Waals surface area contributed by atoms with Crippen LogP contribution in [0.1, 0.15) is 46.6 Å². The molecule has 3 heterocycles. The van der Waals surface area contributed by atoms with E-state index < -0.39 is 5.41 Å². The van der Waals surface area contributed by atoms with Crippen molar-refractivity contribution in [2.24, 2.45) is 5.41 Å². The minimum absolute atomic E-state index is 0.0241. The third kappa shape index (κ3) is 3.08. The van der Waals surface area contributed by atoms with Crippen LogP contribution in [-0.2, 0) is 11.3 Å².